The number of ether oxygens (including phenoxy) is 2. The standard InChI is InChI=1S/C22H31NO4/c1-16-9-17(2)11-22(10-16)26-15-19(24)12-23(13-20-5-4-8-25-20)14-21-7-6-18(3)27-21/h6-7,9-11,19-20,24H,4-5,8,12-15H2,1-3H3. The van der Waals surface area contributed by atoms with Gasteiger partial charge < -0.3 is 19.0 Å². The Balaban J connectivity index is 1.55. The number of aryl methyl sites for hydroxylation is 3. The topological polar surface area (TPSA) is 55.1 Å². The molecule has 1 aromatic carbocycles. The quantitative estimate of drug-likeness (QED) is 0.727. The van der Waals surface area contributed by atoms with Crippen molar-refractivity contribution < 1.29 is 19.0 Å². The lowest BCUT2D eigenvalue weighted by atomic mass is 10.1. The Morgan fingerprint density at radius 3 is 2.59 bits per heavy atom. The van der Waals surface area contributed by atoms with Crippen LogP contribution in [0.4, 0.5) is 0 Å². The predicted octanol–water partition coefficient (Wildman–Crippen LogP) is 3.63. The summed E-state index contributed by atoms with van der Waals surface area (Å²) in [6, 6.07) is 10.1. The van der Waals surface area contributed by atoms with E-state index >= 15 is 0 Å². The lowest BCUT2D eigenvalue weighted by Crippen LogP contribution is -2.39. The first-order valence-electron chi connectivity index (χ1n) is 9.76. The number of hydrogen-bond donors (Lipinski definition) is 1. The first kappa shape index (κ1) is 19.9. The zero-order valence-electron chi connectivity index (χ0n) is 16.6. The van der Waals surface area contributed by atoms with E-state index in [-0.39, 0.29) is 12.7 Å². The number of aliphatic hydroxyl groups is 1. The Morgan fingerprint density at radius 1 is 1.19 bits per heavy atom. The highest BCUT2D eigenvalue weighted by molar-refractivity contribution is 5.33. The molecule has 0 aliphatic carbocycles. The number of benzene rings is 1. The Bertz CT molecular complexity index is 701. The number of rotatable bonds is 9. The third-order valence-corrected chi connectivity index (χ3v) is 4.77. The van der Waals surface area contributed by atoms with Gasteiger partial charge in [0.05, 0.1) is 12.6 Å². The van der Waals surface area contributed by atoms with Crippen molar-refractivity contribution in [3.63, 3.8) is 0 Å². The van der Waals surface area contributed by atoms with Gasteiger partial charge in [-0.15, -0.1) is 0 Å². The van der Waals surface area contributed by atoms with Gasteiger partial charge in [0.25, 0.3) is 0 Å². The maximum absolute atomic E-state index is 10.5. The van der Waals surface area contributed by atoms with Crippen LogP contribution in [0.25, 0.3) is 0 Å². The molecule has 0 saturated carbocycles. The Kier molecular flexibility index (Phi) is 6.94. The number of furan rings is 1. The van der Waals surface area contributed by atoms with Crippen molar-refractivity contribution in [2.24, 2.45) is 0 Å². The summed E-state index contributed by atoms with van der Waals surface area (Å²) in [4.78, 5) is 2.20. The molecule has 1 aromatic heterocycles. The highest BCUT2D eigenvalue weighted by Gasteiger charge is 2.22. The van der Waals surface area contributed by atoms with Crippen LogP contribution in [-0.4, -0.2) is 48.5 Å². The smallest absolute Gasteiger partial charge is 0.119 e. The van der Waals surface area contributed by atoms with Crippen molar-refractivity contribution in [3.8, 4) is 5.75 Å². The van der Waals surface area contributed by atoms with Gasteiger partial charge in [-0.1, -0.05) is 6.07 Å². The summed E-state index contributed by atoms with van der Waals surface area (Å²) in [5.41, 5.74) is 2.32. The van der Waals surface area contributed by atoms with Crippen molar-refractivity contribution in [3.05, 3.63) is 53.0 Å². The van der Waals surface area contributed by atoms with E-state index in [1.807, 2.05) is 45.0 Å². The molecule has 2 atom stereocenters. The van der Waals surface area contributed by atoms with Crippen LogP contribution in [0.5, 0.6) is 5.75 Å². The Hall–Kier alpha value is -1.82. The zero-order chi connectivity index (χ0) is 19.2. The van der Waals surface area contributed by atoms with Gasteiger partial charge in [0.15, 0.2) is 0 Å². The fourth-order valence-electron chi connectivity index (χ4n) is 3.63. The number of aliphatic hydroxyl groups excluding tert-OH is 1. The van der Waals surface area contributed by atoms with E-state index in [4.69, 9.17) is 13.9 Å². The third-order valence-electron chi connectivity index (χ3n) is 4.77. The van der Waals surface area contributed by atoms with Crippen LogP contribution in [0, 0.1) is 20.8 Å². The highest BCUT2D eigenvalue weighted by Crippen LogP contribution is 2.18. The van der Waals surface area contributed by atoms with Crippen LogP contribution in [0.3, 0.4) is 0 Å². The first-order valence-corrected chi connectivity index (χ1v) is 9.76. The fraction of sp³-hybridized carbons (Fsp3) is 0.545. The first-order chi connectivity index (χ1) is 13.0. The van der Waals surface area contributed by atoms with Crippen molar-refractivity contribution in [2.75, 3.05) is 26.3 Å². The summed E-state index contributed by atoms with van der Waals surface area (Å²) in [7, 11) is 0. The largest absolute Gasteiger partial charge is 0.491 e. The summed E-state index contributed by atoms with van der Waals surface area (Å²) in [6.45, 7) is 9.11. The van der Waals surface area contributed by atoms with E-state index in [0.717, 1.165) is 54.4 Å². The van der Waals surface area contributed by atoms with E-state index in [1.54, 1.807) is 0 Å². The average molecular weight is 373 g/mol. The molecule has 0 amide bonds. The second-order valence-corrected chi connectivity index (χ2v) is 7.63. The minimum absolute atomic E-state index is 0.230. The molecular formula is C22H31NO4. The average Bonchev–Trinajstić information content (AvgIpc) is 3.24. The van der Waals surface area contributed by atoms with Gasteiger partial charge in [-0.2, -0.15) is 0 Å². The second kappa shape index (κ2) is 9.40. The normalized spacial score (nSPS) is 18.2. The monoisotopic (exact) mass is 373 g/mol. The highest BCUT2D eigenvalue weighted by atomic mass is 16.5. The molecule has 0 radical (unpaired) electrons. The molecule has 0 spiro atoms. The number of hydrogen-bond acceptors (Lipinski definition) is 5. The maximum atomic E-state index is 10.5. The molecule has 5 heteroatoms. The lowest BCUT2D eigenvalue weighted by molar-refractivity contribution is 0.0289. The van der Waals surface area contributed by atoms with Gasteiger partial charge in [0.2, 0.25) is 0 Å². The molecule has 0 bridgehead atoms. The van der Waals surface area contributed by atoms with E-state index in [9.17, 15) is 5.11 Å². The molecule has 3 rings (SSSR count). The summed E-state index contributed by atoms with van der Waals surface area (Å²) >= 11 is 0. The summed E-state index contributed by atoms with van der Waals surface area (Å²) in [5, 5.41) is 10.5. The summed E-state index contributed by atoms with van der Waals surface area (Å²) < 4.78 is 17.3. The molecular weight excluding hydrogens is 342 g/mol. The van der Waals surface area contributed by atoms with Crippen LogP contribution in [0.2, 0.25) is 0 Å². The van der Waals surface area contributed by atoms with Gasteiger partial charge in [0.1, 0.15) is 30.0 Å². The molecule has 2 aromatic rings. The third kappa shape index (κ3) is 6.38. The Morgan fingerprint density at radius 2 is 1.96 bits per heavy atom. The lowest BCUT2D eigenvalue weighted by Gasteiger charge is -2.26. The minimum Gasteiger partial charge on any atom is -0.491 e. The van der Waals surface area contributed by atoms with E-state index in [2.05, 4.69) is 11.0 Å². The van der Waals surface area contributed by atoms with E-state index in [0.29, 0.717) is 13.1 Å². The van der Waals surface area contributed by atoms with Crippen LogP contribution in [0.1, 0.15) is 35.5 Å². The molecule has 5 nitrogen and oxygen atoms in total. The fourth-order valence-corrected chi connectivity index (χ4v) is 3.63. The van der Waals surface area contributed by atoms with E-state index < -0.39 is 6.10 Å². The van der Waals surface area contributed by atoms with Gasteiger partial charge in [-0.05, 0) is 69.0 Å². The van der Waals surface area contributed by atoms with Gasteiger partial charge in [0, 0.05) is 19.7 Å². The SMILES string of the molecule is Cc1cc(C)cc(OCC(O)CN(Cc2ccc(C)o2)CC2CCCO2)c1. The Labute approximate surface area is 161 Å². The molecule has 1 aliphatic rings. The van der Waals surface area contributed by atoms with Crippen LogP contribution >= 0.6 is 0 Å². The van der Waals surface area contributed by atoms with Crippen molar-refractivity contribution in [1.82, 2.24) is 4.90 Å². The van der Waals surface area contributed by atoms with Crippen molar-refractivity contribution in [2.45, 2.75) is 52.4 Å². The van der Waals surface area contributed by atoms with Gasteiger partial charge >= 0.3 is 0 Å². The summed E-state index contributed by atoms with van der Waals surface area (Å²) in [5.74, 6) is 2.62. The van der Waals surface area contributed by atoms with E-state index in [1.165, 1.54) is 0 Å². The minimum atomic E-state index is -0.580. The van der Waals surface area contributed by atoms with Crippen molar-refractivity contribution in [1.29, 1.82) is 0 Å². The molecule has 1 saturated heterocycles. The molecule has 1 aliphatic heterocycles. The molecule has 27 heavy (non-hydrogen) atoms. The van der Waals surface area contributed by atoms with Gasteiger partial charge in [-0.3, -0.25) is 4.90 Å². The van der Waals surface area contributed by atoms with Crippen molar-refractivity contribution >= 4 is 0 Å². The van der Waals surface area contributed by atoms with Crippen LogP contribution < -0.4 is 4.74 Å². The molecule has 148 valence electrons. The predicted molar refractivity (Wildman–Crippen MR) is 105 cm³/mol. The maximum Gasteiger partial charge on any atom is 0.119 e. The number of nitrogens with zero attached hydrogens (tertiary/aromatic N) is 1. The van der Waals surface area contributed by atoms with Crippen LogP contribution in [0.15, 0.2) is 34.7 Å². The second-order valence-electron chi connectivity index (χ2n) is 7.63. The summed E-state index contributed by atoms with van der Waals surface area (Å²) in [6.07, 6.45) is 1.83. The zero-order valence-corrected chi connectivity index (χ0v) is 16.6. The molecule has 2 heterocycles. The van der Waals surface area contributed by atoms with Gasteiger partial charge in [-0.25, -0.2) is 0 Å². The molecule has 1 N–H and O–H groups in total. The van der Waals surface area contributed by atoms with Crippen LogP contribution in [-0.2, 0) is 11.3 Å². The molecule has 1 fully saturated rings. The molecule has 2 unspecified atom stereocenters.